The van der Waals surface area contributed by atoms with Gasteiger partial charge in [-0.2, -0.15) is 4.52 Å². The van der Waals surface area contributed by atoms with Gasteiger partial charge in [0.15, 0.2) is 22.9 Å². The summed E-state index contributed by atoms with van der Waals surface area (Å²) in [6, 6.07) is 3.78. The van der Waals surface area contributed by atoms with E-state index in [0.29, 0.717) is 53.8 Å². The number of benzene rings is 1. The monoisotopic (exact) mass is 525 g/mol. The molecule has 2 heterocycles. The normalized spacial score (nSPS) is 14.3. The summed E-state index contributed by atoms with van der Waals surface area (Å²) >= 11 is 0. The Bertz CT molecular complexity index is 1400. The molecule has 10 heteroatoms. The first-order valence-electron chi connectivity index (χ1n) is 13.2. The molecule has 1 fully saturated rings. The van der Waals surface area contributed by atoms with Crippen LogP contribution in [-0.4, -0.2) is 63.3 Å². The van der Waals surface area contributed by atoms with Crippen molar-refractivity contribution < 1.29 is 24.1 Å². The Labute approximate surface area is 223 Å². The van der Waals surface area contributed by atoms with E-state index in [9.17, 15) is 9.90 Å². The van der Waals surface area contributed by atoms with E-state index in [1.54, 1.807) is 22.4 Å². The van der Waals surface area contributed by atoms with Gasteiger partial charge in [0.1, 0.15) is 6.54 Å². The second kappa shape index (κ2) is 11.1. The summed E-state index contributed by atoms with van der Waals surface area (Å²) in [5.74, 6) is 1.48. The molecule has 10 nitrogen and oxygen atoms in total. The van der Waals surface area contributed by atoms with Gasteiger partial charge in [0.05, 0.1) is 26.4 Å². The van der Waals surface area contributed by atoms with E-state index in [2.05, 4.69) is 25.9 Å². The Hall–Kier alpha value is -3.40. The zero-order valence-corrected chi connectivity index (χ0v) is 23.5. The molecule has 1 aromatic carbocycles. The minimum absolute atomic E-state index is 0.0106. The molecule has 206 valence electrons. The summed E-state index contributed by atoms with van der Waals surface area (Å²) in [7, 11) is 1.59. The van der Waals surface area contributed by atoms with Crippen molar-refractivity contribution in [2.45, 2.75) is 78.8 Å². The van der Waals surface area contributed by atoms with E-state index in [0.717, 1.165) is 29.5 Å². The van der Waals surface area contributed by atoms with Crippen molar-refractivity contribution in [3.8, 4) is 17.4 Å². The smallest absolute Gasteiger partial charge is 0.245 e. The number of fused-ring (bicyclic) bond motifs is 1. The zero-order valence-electron chi connectivity index (χ0n) is 23.5. The van der Waals surface area contributed by atoms with Crippen LogP contribution >= 0.6 is 0 Å². The van der Waals surface area contributed by atoms with Gasteiger partial charge in [-0.05, 0) is 51.2 Å². The number of hydrogen-bond acceptors (Lipinski definition) is 8. The molecule has 0 amide bonds. The third-order valence-corrected chi connectivity index (χ3v) is 6.61. The highest BCUT2D eigenvalue weighted by Gasteiger charge is 2.27. The van der Waals surface area contributed by atoms with Gasteiger partial charge < -0.3 is 19.3 Å². The molecule has 0 unspecified atom stereocenters. The van der Waals surface area contributed by atoms with Crippen LogP contribution in [0, 0.1) is 13.8 Å². The molecule has 0 atom stereocenters. The van der Waals surface area contributed by atoms with Crippen LogP contribution in [0.15, 0.2) is 17.1 Å². The van der Waals surface area contributed by atoms with Crippen molar-refractivity contribution in [1.29, 1.82) is 0 Å². The van der Waals surface area contributed by atoms with Crippen LogP contribution in [0.25, 0.3) is 5.65 Å². The Morgan fingerprint density at radius 1 is 1.16 bits per heavy atom. The minimum Gasteiger partial charge on any atom is -0.493 e. The molecule has 1 aliphatic rings. The van der Waals surface area contributed by atoms with Gasteiger partial charge in [-0.3, -0.25) is 4.79 Å². The van der Waals surface area contributed by atoms with Gasteiger partial charge in [-0.25, -0.2) is 9.67 Å². The predicted molar refractivity (Wildman–Crippen MR) is 143 cm³/mol. The van der Waals surface area contributed by atoms with E-state index in [1.807, 2.05) is 26.8 Å². The first-order chi connectivity index (χ1) is 18.1. The van der Waals surface area contributed by atoms with Crippen molar-refractivity contribution in [1.82, 2.24) is 19.4 Å². The summed E-state index contributed by atoms with van der Waals surface area (Å²) in [5.41, 5.74) is 4.08. The first kappa shape index (κ1) is 27.6. The van der Waals surface area contributed by atoms with E-state index in [1.165, 1.54) is 0 Å². The summed E-state index contributed by atoms with van der Waals surface area (Å²) in [6.45, 7) is 12.9. The first-order valence-corrected chi connectivity index (χ1v) is 13.2. The number of nitrogens with zero attached hydrogens (tertiary/aromatic N) is 5. The van der Waals surface area contributed by atoms with Gasteiger partial charge in [0.2, 0.25) is 11.5 Å². The van der Waals surface area contributed by atoms with E-state index in [-0.39, 0.29) is 30.4 Å². The fraction of sp³-hybridized carbons (Fsp3) is 0.571. The molecular formula is C28H39N5O5. The van der Waals surface area contributed by atoms with Gasteiger partial charge in [-0.1, -0.05) is 20.8 Å². The molecule has 0 radical (unpaired) electrons. The second-order valence-electron chi connectivity index (χ2n) is 10.7. The maximum Gasteiger partial charge on any atom is 0.245 e. The molecule has 1 N–H and O–H groups in total. The largest absolute Gasteiger partial charge is 0.493 e. The van der Waals surface area contributed by atoms with Crippen molar-refractivity contribution in [2.24, 2.45) is 4.99 Å². The highest BCUT2D eigenvalue weighted by Crippen LogP contribution is 2.40. The highest BCUT2D eigenvalue weighted by molar-refractivity contribution is 5.97. The van der Waals surface area contributed by atoms with Crippen molar-refractivity contribution in [3.05, 3.63) is 40.0 Å². The Morgan fingerprint density at radius 3 is 2.50 bits per heavy atom. The number of rotatable bonds is 11. The number of carbonyl (C=O) groups excluding carboxylic acids is 1. The highest BCUT2D eigenvalue weighted by atomic mass is 16.5. The summed E-state index contributed by atoms with van der Waals surface area (Å²) < 4.78 is 20.7. The topological polar surface area (TPSA) is 112 Å². The van der Waals surface area contributed by atoms with Crippen LogP contribution in [0.1, 0.15) is 74.0 Å². The maximum absolute atomic E-state index is 13.7. The summed E-state index contributed by atoms with van der Waals surface area (Å²) in [6.07, 6.45) is 2.49. The van der Waals surface area contributed by atoms with Crippen molar-refractivity contribution >= 4 is 11.4 Å². The summed E-state index contributed by atoms with van der Waals surface area (Å²) in [4.78, 5) is 18.6. The fourth-order valence-corrected chi connectivity index (χ4v) is 4.21. The molecule has 1 aliphatic carbocycles. The standard InChI is InChI=1S/C28H39N5O5/c1-8-37-26-18(3)17(2)25-30-32(27(33(25)31-26)29-20-10-11-20)16-22(35)19-14-21(28(4,5)6)24(36-7)23(15-19)38-13-9-12-34/h14-15,20,34H,8-13,16H2,1-7H3/b29-27+. The average molecular weight is 526 g/mol. The van der Waals surface area contributed by atoms with Crippen LogP contribution in [-0.2, 0) is 12.0 Å². The number of Topliss-reactive ketones (excluding diaryl/α,β-unsaturated/α-hetero) is 1. The Morgan fingerprint density at radius 2 is 1.89 bits per heavy atom. The van der Waals surface area contributed by atoms with Crippen LogP contribution in [0.2, 0.25) is 0 Å². The van der Waals surface area contributed by atoms with E-state index >= 15 is 0 Å². The number of ketones is 1. The maximum atomic E-state index is 13.7. The molecule has 1 saturated carbocycles. The third-order valence-electron chi connectivity index (χ3n) is 6.61. The molecule has 38 heavy (non-hydrogen) atoms. The molecule has 3 aromatic rings. The number of hydrogen-bond donors (Lipinski definition) is 1. The lowest BCUT2D eigenvalue weighted by Crippen LogP contribution is -2.28. The molecule has 0 aliphatic heterocycles. The van der Waals surface area contributed by atoms with Crippen LogP contribution in [0.5, 0.6) is 17.4 Å². The Balaban J connectivity index is 1.80. The second-order valence-corrected chi connectivity index (χ2v) is 10.7. The molecule has 0 spiro atoms. The number of aliphatic hydroxyl groups excluding tert-OH is 1. The lowest BCUT2D eigenvalue weighted by molar-refractivity contribution is 0.0965. The zero-order chi connectivity index (χ0) is 27.6. The molecule has 0 bridgehead atoms. The fourth-order valence-electron chi connectivity index (χ4n) is 4.21. The van der Waals surface area contributed by atoms with E-state index < -0.39 is 0 Å². The number of aromatic nitrogens is 4. The number of carbonyl (C=O) groups is 1. The number of aryl methyl sites for hydroxylation is 1. The van der Waals surface area contributed by atoms with Crippen molar-refractivity contribution in [2.75, 3.05) is 26.9 Å². The van der Waals surface area contributed by atoms with E-state index in [4.69, 9.17) is 24.3 Å². The van der Waals surface area contributed by atoms with Gasteiger partial charge in [-0.15, -0.1) is 10.2 Å². The molecule has 2 aromatic heterocycles. The van der Waals surface area contributed by atoms with Gasteiger partial charge >= 0.3 is 0 Å². The van der Waals surface area contributed by atoms with Crippen LogP contribution in [0.3, 0.4) is 0 Å². The molecular weight excluding hydrogens is 486 g/mol. The number of ether oxygens (including phenoxy) is 3. The van der Waals surface area contributed by atoms with Crippen molar-refractivity contribution in [3.63, 3.8) is 0 Å². The SMILES string of the molecule is CCOc1nn2/c(=N/C3CC3)n(CC(=O)c3cc(OCCCO)c(OC)c(C(C)(C)C)c3)nc2c(C)c1C. The number of aliphatic hydroxyl groups is 1. The minimum atomic E-state index is -0.298. The Kier molecular flexibility index (Phi) is 8.10. The van der Waals surface area contributed by atoms with Crippen LogP contribution in [0.4, 0.5) is 0 Å². The van der Waals surface area contributed by atoms with Gasteiger partial charge in [0.25, 0.3) is 0 Å². The summed E-state index contributed by atoms with van der Waals surface area (Å²) in [5, 5.41) is 18.7. The molecule has 4 rings (SSSR count). The van der Waals surface area contributed by atoms with Crippen LogP contribution < -0.4 is 19.8 Å². The quantitative estimate of drug-likeness (QED) is 0.301. The molecule has 0 saturated heterocycles. The number of methoxy groups -OCH3 is 1. The lowest BCUT2D eigenvalue weighted by Gasteiger charge is -2.25. The average Bonchev–Trinajstić information content (AvgIpc) is 3.63. The lowest BCUT2D eigenvalue weighted by atomic mass is 9.84. The van der Waals surface area contributed by atoms with Gasteiger partial charge in [0, 0.05) is 35.3 Å². The predicted octanol–water partition coefficient (Wildman–Crippen LogP) is 3.56. The third kappa shape index (κ3) is 5.70.